The summed E-state index contributed by atoms with van der Waals surface area (Å²) in [7, 11) is 0. The van der Waals surface area contributed by atoms with Crippen LogP contribution in [0.25, 0.3) is 11.3 Å². The number of hydrogen-bond acceptors (Lipinski definition) is 7. The Hall–Kier alpha value is -2.88. The first-order valence-corrected chi connectivity index (χ1v) is 13.6. The van der Waals surface area contributed by atoms with Crippen molar-refractivity contribution in [1.29, 1.82) is 0 Å². The number of piperidine rings is 1. The molecule has 196 valence electrons. The summed E-state index contributed by atoms with van der Waals surface area (Å²) in [5.41, 5.74) is 0.971. The van der Waals surface area contributed by atoms with E-state index < -0.39 is 0 Å². The van der Waals surface area contributed by atoms with Gasteiger partial charge in [-0.1, -0.05) is 25.4 Å². The van der Waals surface area contributed by atoms with E-state index in [2.05, 4.69) is 40.3 Å². The highest BCUT2D eigenvalue weighted by atomic mass is 35.5. The number of nitrogens with zero attached hydrogens (tertiary/aromatic N) is 4. The highest BCUT2D eigenvalue weighted by Crippen LogP contribution is 2.28. The molecule has 0 bridgehead atoms. The average Bonchev–Trinajstić information content (AvgIpc) is 3.37. The summed E-state index contributed by atoms with van der Waals surface area (Å²) in [5, 5.41) is 7.54. The maximum atomic E-state index is 5.99. The van der Waals surface area contributed by atoms with Gasteiger partial charge in [0.15, 0.2) is 5.11 Å². The van der Waals surface area contributed by atoms with Crippen LogP contribution in [0.4, 0.5) is 17.6 Å². The van der Waals surface area contributed by atoms with Crippen LogP contribution in [0.1, 0.15) is 26.0 Å². The van der Waals surface area contributed by atoms with Crippen molar-refractivity contribution in [3.63, 3.8) is 0 Å². The van der Waals surface area contributed by atoms with Crippen LogP contribution in [0, 0.1) is 11.8 Å². The van der Waals surface area contributed by atoms with E-state index in [1.807, 2.05) is 36.4 Å². The summed E-state index contributed by atoms with van der Waals surface area (Å²) in [6.07, 6.45) is 1.24. The number of anilines is 3. The van der Waals surface area contributed by atoms with Gasteiger partial charge in [-0.25, -0.2) is 0 Å². The average molecular weight is 541 g/mol. The number of rotatable bonds is 6. The lowest BCUT2D eigenvalue weighted by Crippen LogP contribution is -2.40. The predicted molar refractivity (Wildman–Crippen MR) is 152 cm³/mol. The van der Waals surface area contributed by atoms with Crippen LogP contribution >= 0.6 is 23.8 Å². The number of nitrogens with one attached hydrogen (secondary N) is 2. The number of ether oxygens (including phenoxy) is 1. The van der Waals surface area contributed by atoms with E-state index in [9.17, 15) is 0 Å². The number of furan rings is 1. The lowest BCUT2D eigenvalue weighted by Gasteiger charge is -2.36. The summed E-state index contributed by atoms with van der Waals surface area (Å²) in [5.74, 6) is 5.11. The lowest BCUT2D eigenvalue weighted by atomic mass is 9.92. The minimum absolute atomic E-state index is 0.440. The molecule has 2 aliphatic heterocycles. The second-order valence-electron chi connectivity index (χ2n) is 9.94. The number of hydrogen-bond donors (Lipinski definition) is 2. The lowest BCUT2D eigenvalue weighted by molar-refractivity contribution is 0.122. The minimum Gasteiger partial charge on any atom is -0.459 e. The zero-order valence-corrected chi connectivity index (χ0v) is 22.8. The van der Waals surface area contributed by atoms with Crippen LogP contribution in [0.15, 0.2) is 46.9 Å². The van der Waals surface area contributed by atoms with Crippen molar-refractivity contribution >= 4 is 46.5 Å². The van der Waals surface area contributed by atoms with Gasteiger partial charge in [-0.2, -0.15) is 9.97 Å². The molecular formula is C27H33ClN6O2S. The van der Waals surface area contributed by atoms with E-state index in [1.165, 1.54) is 6.42 Å². The highest BCUT2D eigenvalue weighted by Gasteiger charge is 2.25. The molecule has 2 fully saturated rings. The fourth-order valence-electron chi connectivity index (χ4n) is 5.00. The summed E-state index contributed by atoms with van der Waals surface area (Å²) in [6, 6.07) is 13.5. The van der Waals surface area contributed by atoms with Gasteiger partial charge in [0, 0.05) is 42.8 Å². The Balaban J connectivity index is 1.27. The molecule has 2 atom stereocenters. The molecule has 0 saturated carbocycles. The minimum atomic E-state index is 0.440. The number of benzene rings is 1. The molecule has 37 heavy (non-hydrogen) atoms. The Labute approximate surface area is 228 Å². The summed E-state index contributed by atoms with van der Waals surface area (Å²) in [4.78, 5) is 14.3. The second kappa shape index (κ2) is 11.7. The number of halogens is 1. The SMILES string of the molecule is CC1CC(C)CN(c2cc(N3CCOCC3)nc(NC(=S)NCc3ccc(-c4ccc(Cl)cc4)o3)n2)C1. The Bertz CT molecular complexity index is 1200. The molecule has 0 aliphatic carbocycles. The molecular weight excluding hydrogens is 508 g/mol. The van der Waals surface area contributed by atoms with Gasteiger partial charge in [0.1, 0.15) is 23.2 Å². The van der Waals surface area contributed by atoms with E-state index in [0.29, 0.717) is 47.7 Å². The molecule has 2 aliphatic rings. The monoisotopic (exact) mass is 540 g/mol. The topological polar surface area (TPSA) is 78.7 Å². The molecule has 0 amide bonds. The van der Waals surface area contributed by atoms with Crippen LogP contribution in [0.3, 0.4) is 0 Å². The Kier molecular flexibility index (Phi) is 8.12. The van der Waals surface area contributed by atoms with Crippen molar-refractivity contribution in [2.45, 2.75) is 26.8 Å². The van der Waals surface area contributed by atoms with Gasteiger partial charge >= 0.3 is 0 Å². The quantitative estimate of drug-likeness (QED) is 0.410. The first kappa shape index (κ1) is 25.8. The van der Waals surface area contributed by atoms with Gasteiger partial charge in [0.05, 0.1) is 19.8 Å². The van der Waals surface area contributed by atoms with Crippen LogP contribution in [-0.2, 0) is 11.3 Å². The van der Waals surface area contributed by atoms with Crippen LogP contribution in [0.2, 0.25) is 5.02 Å². The Morgan fingerprint density at radius 3 is 2.38 bits per heavy atom. The van der Waals surface area contributed by atoms with Gasteiger partial charge in [0.25, 0.3) is 0 Å². The molecule has 0 spiro atoms. The third kappa shape index (κ3) is 6.71. The van der Waals surface area contributed by atoms with E-state index in [1.54, 1.807) is 0 Å². The summed E-state index contributed by atoms with van der Waals surface area (Å²) >= 11 is 11.6. The van der Waals surface area contributed by atoms with Gasteiger partial charge in [-0.3, -0.25) is 0 Å². The van der Waals surface area contributed by atoms with Crippen molar-refractivity contribution in [3.8, 4) is 11.3 Å². The van der Waals surface area contributed by atoms with Crippen molar-refractivity contribution in [2.75, 3.05) is 54.5 Å². The largest absolute Gasteiger partial charge is 0.459 e. The number of aromatic nitrogens is 2. The molecule has 2 aromatic heterocycles. The Morgan fingerprint density at radius 2 is 1.68 bits per heavy atom. The van der Waals surface area contributed by atoms with Crippen LogP contribution in [-0.4, -0.2) is 54.5 Å². The third-order valence-electron chi connectivity index (χ3n) is 6.67. The van der Waals surface area contributed by atoms with Crippen LogP contribution in [0.5, 0.6) is 0 Å². The molecule has 5 rings (SSSR count). The summed E-state index contributed by atoms with van der Waals surface area (Å²) < 4.78 is 11.5. The Morgan fingerprint density at radius 1 is 1.00 bits per heavy atom. The number of thiocarbonyl (C=S) groups is 1. The highest BCUT2D eigenvalue weighted by molar-refractivity contribution is 7.80. The van der Waals surface area contributed by atoms with Crippen molar-refractivity contribution in [2.24, 2.45) is 11.8 Å². The molecule has 4 heterocycles. The maximum absolute atomic E-state index is 5.99. The normalized spacial score (nSPS) is 20.1. The van der Waals surface area contributed by atoms with Crippen molar-refractivity contribution in [3.05, 3.63) is 53.2 Å². The molecule has 2 N–H and O–H groups in total. The van der Waals surface area contributed by atoms with Gasteiger partial charge in [-0.15, -0.1) is 0 Å². The molecule has 3 aromatic rings. The fraction of sp³-hybridized carbons (Fsp3) is 0.444. The van der Waals surface area contributed by atoms with E-state index in [4.69, 9.17) is 42.9 Å². The van der Waals surface area contributed by atoms with Gasteiger partial charge in [0.2, 0.25) is 5.95 Å². The first-order chi connectivity index (χ1) is 17.9. The molecule has 2 unspecified atom stereocenters. The smallest absolute Gasteiger partial charge is 0.232 e. The molecule has 10 heteroatoms. The predicted octanol–water partition coefficient (Wildman–Crippen LogP) is 5.20. The maximum Gasteiger partial charge on any atom is 0.232 e. The fourth-order valence-corrected chi connectivity index (χ4v) is 5.29. The summed E-state index contributed by atoms with van der Waals surface area (Å²) in [6.45, 7) is 10.0. The number of morpholine rings is 1. The third-order valence-corrected chi connectivity index (χ3v) is 7.16. The second-order valence-corrected chi connectivity index (χ2v) is 10.8. The first-order valence-electron chi connectivity index (χ1n) is 12.8. The molecule has 8 nitrogen and oxygen atoms in total. The molecule has 1 aromatic carbocycles. The molecule has 2 saturated heterocycles. The van der Waals surface area contributed by atoms with E-state index >= 15 is 0 Å². The zero-order chi connectivity index (χ0) is 25.8. The van der Waals surface area contributed by atoms with Crippen LogP contribution < -0.4 is 20.4 Å². The van der Waals surface area contributed by atoms with E-state index in [-0.39, 0.29) is 0 Å². The van der Waals surface area contributed by atoms with E-state index in [0.717, 1.165) is 54.9 Å². The van der Waals surface area contributed by atoms with Crippen molar-refractivity contribution in [1.82, 2.24) is 15.3 Å². The van der Waals surface area contributed by atoms with Gasteiger partial charge in [-0.05, 0) is 66.9 Å². The standard InChI is InChI=1S/C27H33ClN6O2S/c1-18-13-19(2)17-34(16-18)25-14-24(33-9-11-35-12-10-33)30-26(31-25)32-27(37)29-15-22-7-8-23(36-22)20-3-5-21(28)6-4-20/h3-8,14,18-19H,9-13,15-17H2,1-2H3,(H2,29,30,31,32,37). The van der Waals surface area contributed by atoms with Crippen molar-refractivity contribution < 1.29 is 9.15 Å². The van der Waals surface area contributed by atoms with Gasteiger partial charge < -0.3 is 29.6 Å². The zero-order valence-electron chi connectivity index (χ0n) is 21.2. The molecule has 0 radical (unpaired) electrons.